The molecule has 3 N–H and O–H groups in total. The predicted octanol–water partition coefficient (Wildman–Crippen LogP) is 2.05. The number of piperidine rings is 1. The number of primary amides is 1. The molecule has 2 aromatic heterocycles. The lowest BCUT2D eigenvalue weighted by Crippen LogP contribution is -2.44. The number of likely N-dealkylation sites (tertiary alicyclic amines) is 1. The van der Waals surface area contributed by atoms with E-state index < -0.39 is 0 Å². The third-order valence-electron chi connectivity index (χ3n) is 5.06. The van der Waals surface area contributed by atoms with Crippen molar-refractivity contribution in [3.05, 3.63) is 52.0 Å². The summed E-state index contributed by atoms with van der Waals surface area (Å²) < 4.78 is 0. The van der Waals surface area contributed by atoms with E-state index >= 15 is 0 Å². The number of rotatable bonds is 7. The molecule has 1 unspecified atom stereocenters. The highest BCUT2D eigenvalue weighted by Gasteiger charge is 2.25. The Balaban J connectivity index is 1.62. The molecule has 0 aromatic carbocycles. The van der Waals surface area contributed by atoms with Crippen LogP contribution in [0, 0.1) is 12.8 Å². The fraction of sp³-hybridized carbons (Fsp3) is 0.450. The monoisotopic (exact) mass is 386 g/mol. The zero-order chi connectivity index (χ0) is 19.2. The van der Waals surface area contributed by atoms with E-state index in [4.69, 9.17) is 5.73 Å². The zero-order valence-electron chi connectivity index (χ0n) is 15.6. The average molecular weight is 387 g/mol. The first-order chi connectivity index (χ1) is 13.0. The number of carbonyl (C=O) groups excluding carboxylic acids is 2. The average Bonchev–Trinajstić information content (AvgIpc) is 3.15. The van der Waals surface area contributed by atoms with Gasteiger partial charge in [0.15, 0.2) is 0 Å². The summed E-state index contributed by atoms with van der Waals surface area (Å²) in [5, 5.41) is 5.21. The van der Waals surface area contributed by atoms with Gasteiger partial charge >= 0.3 is 0 Å². The number of nitrogens with zero attached hydrogens (tertiary/aromatic N) is 2. The second-order valence-corrected chi connectivity index (χ2v) is 8.09. The van der Waals surface area contributed by atoms with Gasteiger partial charge in [0.2, 0.25) is 11.8 Å². The molecule has 1 atom stereocenters. The highest BCUT2D eigenvalue weighted by Crippen LogP contribution is 2.22. The van der Waals surface area contributed by atoms with Crippen molar-refractivity contribution in [1.29, 1.82) is 0 Å². The van der Waals surface area contributed by atoms with E-state index in [0.717, 1.165) is 43.6 Å². The molecule has 0 radical (unpaired) electrons. The topological polar surface area (TPSA) is 88.3 Å². The standard InChI is InChI=1S/C20H26N4O2S/c1-14-4-2-8-22-19(14)17(12-16-5-3-11-27-16)23-18(25)13-24-9-6-15(7-10-24)20(21)26/h2-5,8,11,15,17H,6-7,9-10,12-13H2,1H3,(H2,21,26)(H,23,25). The van der Waals surface area contributed by atoms with Gasteiger partial charge in [-0.1, -0.05) is 12.1 Å². The summed E-state index contributed by atoms with van der Waals surface area (Å²) in [6.07, 6.45) is 3.94. The van der Waals surface area contributed by atoms with Crippen LogP contribution < -0.4 is 11.1 Å². The molecule has 27 heavy (non-hydrogen) atoms. The molecule has 0 spiro atoms. The molecule has 2 aromatic rings. The van der Waals surface area contributed by atoms with E-state index in [9.17, 15) is 9.59 Å². The van der Waals surface area contributed by atoms with Gasteiger partial charge in [-0.25, -0.2) is 0 Å². The van der Waals surface area contributed by atoms with Crippen LogP contribution in [0.4, 0.5) is 0 Å². The van der Waals surface area contributed by atoms with E-state index in [1.54, 1.807) is 17.5 Å². The SMILES string of the molecule is Cc1cccnc1C(Cc1cccs1)NC(=O)CN1CCC(C(N)=O)CC1. The minimum absolute atomic E-state index is 0.0147. The number of carbonyl (C=O) groups is 2. The Morgan fingerprint density at radius 1 is 1.33 bits per heavy atom. The molecular weight excluding hydrogens is 360 g/mol. The number of aryl methyl sites for hydroxylation is 1. The number of nitrogens with two attached hydrogens (primary N) is 1. The largest absolute Gasteiger partial charge is 0.369 e. The van der Waals surface area contributed by atoms with Crippen LogP contribution in [0.15, 0.2) is 35.8 Å². The van der Waals surface area contributed by atoms with E-state index in [1.807, 2.05) is 30.5 Å². The molecule has 6 nitrogen and oxygen atoms in total. The Bertz CT molecular complexity index is 770. The molecule has 0 aliphatic carbocycles. The predicted molar refractivity (Wildman–Crippen MR) is 106 cm³/mol. The third-order valence-corrected chi connectivity index (χ3v) is 5.96. The Morgan fingerprint density at radius 2 is 2.11 bits per heavy atom. The molecule has 0 saturated carbocycles. The fourth-order valence-corrected chi connectivity index (χ4v) is 4.28. The van der Waals surface area contributed by atoms with Crippen molar-refractivity contribution in [1.82, 2.24) is 15.2 Å². The summed E-state index contributed by atoms with van der Waals surface area (Å²) in [5.41, 5.74) is 7.36. The maximum Gasteiger partial charge on any atom is 0.234 e. The van der Waals surface area contributed by atoms with Gasteiger partial charge in [-0.2, -0.15) is 0 Å². The summed E-state index contributed by atoms with van der Waals surface area (Å²) in [6.45, 7) is 3.79. The lowest BCUT2D eigenvalue weighted by atomic mass is 9.96. The quantitative estimate of drug-likeness (QED) is 0.762. The highest BCUT2D eigenvalue weighted by molar-refractivity contribution is 7.09. The van der Waals surface area contributed by atoms with Crippen molar-refractivity contribution in [2.45, 2.75) is 32.2 Å². The van der Waals surface area contributed by atoms with Gasteiger partial charge in [0.1, 0.15) is 0 Å². The Morgan fingerprint density at radius 3 is 2.74 bits per heavy atom. The normalized spacial score (nSPS) is 16.8. The van der Waals surface area contributed by atoms with Crippen molar-refractivity contribution in [3.8, 4) is 0 Å². The summed E-state index contributed by atoms with van der Waals surface area (Å²) in [7, 11) is 0. The van der Waals surface area contributed by atoms with E-state index in [-0.39, 0.29) is 23.8 Å². The van der Waals surface area contributed by atoms with Crippen LogP contribution in [0.1, 0.15) is 35.0 Å². The summed E-state index contributed by atoms with van der Waals surface area (Å²) >= 11 is 1.68. The molecule has 144 valence electrons. The first-order valence-electron chi connectivity index (χ1n) is 9.28. The van der Waals surface area contributed by atoms with E-state index in [1.165, 1.54) is 4.88 Å². The van der Waals surface area contributed by atoms with E-state index in [0.29, 0.717) is 6.54 Å². The van der Waals surface area contributed by atoms with Gasteiger partial charge in [-0.15, -0.1) is 11.3 Å². The Kier molecular flexibility index (Phi) is 6.58. The maximum absolute atomic E-state index is 12.7. The van der Waals surface area contributed by atoms with Crippen LogP contribution in [0.5, 0.6) is 0 Å². The van der Waals surface area contributed by atoms with Crippen molar-refractivity contribution in [3.63, 3.8) is 0 Å². The molecule has 1 aliphatic heterocycles. The van der Waals surface area contributed by atoms with Crippen LogP contribution in [0.2, 0.25) is 0 Å². The third kappa shape index (κ3) is 5.37. The number of hydrogen-bond acceptors (Lipinski definition) is 5. The van der Waals surface area contributed by atoms with Crippen molar-refractivity contribution >= 4 is 23.2 Å². The first-order valence-corrected chi connectivity index (χ1v) is 10.2. The van der Waals surface area contributed by atoms with Crippen molar-refractivity contribution in [2.75, 3.05) is 19.6 Å². The van der Waals surface area contributed by atoms with Crippen LogP contribution in [-0.4, -0.2) is 41.3 Å². The number of amides is 2. The Hall–Kier alpha value is -2.25. The first kappa shape index (κ1) is 19.5. The number of thiophene rings is 1. The molecule has 7 heteroatoms. The highest BCUT2D eigenvalue weighted by atomic mass is 32.1. The second kappa shape index (κ2) is 9.10. The van der Waals surface area contributed by atoms with Gasteiger partial charge in [-0.3, -0.25) is 19.5 Å². The minimum atomic E-state index is -0.235. The molecule has 1 aliphatic rings. The van der Waals surface area contributed by atoms with Crippen LogP contribution in [-0.2, 0) is 16.0 Å². The molecule has 3 heterocycles. The second-order valence-electron chi connectivity index (χ2n) is 7.06. The lowest BCUT2D eigenvalue weighted by Gasteiger charge is -2.30. The van der Waals surface area contributed by atoms with Gasteiger partial charge < -0.3 is 11.1 Å². The summed E-state index contributed by atoms with van der Waals surface area (Å²) in [4.78, 5) is 31.8. The summed E-state index contributed by atoms with van der Waals surface area (Å²) in [5.74, 6) is -0.313. The smallest absolute Gasteiger partial charge is 0.234 e. The Labute approximate surface area is 163 Å². The lowest BCUT2D eigenvalue weighted by molar-refractivity contribution is -0.124. The molecule has 0 bridgehead atoms. The van der Waals surface area contributed by atoms with Crippen LogP contribution in [0.3, 0.4) is 0 Å². The van der Waals surface area contributed by atoms with Gasteiger partial charge in [0, 0.05) is 23.4 Å². The molecule has 2 amide bonds. The fourth-order valence-electron chi connectivity index (χ4n) is 3.53. The minimum Gasteiger partial charge on any atom is -0.369 e. The maximum atomic E-state index is 12.7. The molecule has 1 saturated heterocycles. The van der Waals surface area contributed by atoms with Gasteiger partial charge in [-0.05, 0) is 55.9 Å². The van der Waals surface area contributed by atoms with Crippen molar-refractivity contribution in [2.24, 2.45) is 11.7 Å². The summed E-state index contributed by atoms with van der Waals surface area (Å²) in [6, 6.07) is 7.88. The molecular formula is C20H26N4O2S. The van der Waals surface area contributed by atoms with Gasteiger partial charge in [0.25, 0.3) is 0 Å². The number of pyridine rings is 1. The van der Waals surface area contributed by atoms with Crippen LogP contribution in [0.25, 0.3) is 0 Å². The molecule has 3 rings (SSSR count). The van der Waals surface area contributed by atoms with E-state index in [2.05, 4.69) is 21.3 Å². The number of hydrogen-bond donors (Lipinski definition) is 2. The number of nitrogens with one attached hydrogen (secondary N) is 1. The molecule has 1 fully saturated rings. The zero-order valence-corrected chi connectivity index (χ0v) is 16.4. The number of aromatic nitrogens is 1. The van der Waals surface area contributed by atoms with Crippen molar-refractivity contribution < 1.29 is 9.59 Å². The van der Waals surface area contributed by atoms with Gasteiger partial charge in [0.05, 0.1) is 18.3 Å². The van der Waals surface area contributed by atoms with Crippen LogP contribution >= 0.6 is 11.3 Å².